The molecule has 5 rings (SSSR count). The van der Waals surface area contributed by atoms with Gasteiger partial charge in [-0.25, -0.2) is 18.8 Å². The lowest BCUT2D eigenvalue weighted by molar-refractivity contribution is 0.314. The molecule has 0 atom stereocenters. The lowest BCUT2D eigenvalue weighted by Crippen LogP contribution is -2.19. The van der Waals surface area contributed by atoms with Crippen molar-refractivity contribution >= 4 is 45.9 Å². The minimum absolute atomic E-state index is 0.103. The molecule has 0 aliphatic rings. The number of nitrogens with zero attached hydrogens (tertiary/aromatic N) is 7. The Morgan fingerprint density at radius 2 is 1.66 bits per heavy atom. The Labute approximate surface area is 179 Å². The zero-order valence-electron chi connectivity index (χ0n) is 16.9. The van der Waals surface area contributed by atoms with E-state index >= 15 is 0 Å². The van der Waals surface area contributed by atoms with Crippen molar-refractivity contribution in [2.45, 2.75) is 0 Å². The largest absolute Gasteiger partial charge is 0.337 e. The van der Waals surface area contributed by atoms with Crippen LogP contribution in [0.5, 0.6) is 0 Å². The van der Waals surface area contributed by atoms with Crippen molar-refractivity contribution in [3.8, 4) is 0 Å². The Hall–Kier alpha value is -4.61. The third-order valence-electron chi connectivity index (χ3n) is 4.90. The van der Waals surface area contributed by atoms with E-state index in [1.807, 2.05) is 18.2 Å². The molecule has 0 saturated carbocycles. The van der Waals surface area contributed by atoms with Crippen LogP contribution in [0.3, 0.4) is 0 Å². The molecule has 2 N–H and O–H groups in total. The third kappa shape index (κ3) is 3.43. The number of benzene rings is 2. The normalized spacial score (nSPS) is 11.6. The number of hydrazone groups is 1. The number of anilines is 3. The van der Waals surface area contributed by atoms with Crippen LogP contribution < -0.4 is 16.4 Å². The van der Waals surface area contributed by atoms with E-state index in [4.69, 9.17) is 0 Å². The Balaban J connectivity index is 1.44. The van der Waals surface area contributed by atoms with Crippen molar-refractivity contribution in [2.24, 2.45) is 19.2 Å². The number of aryl methyl sites for hydroxylation is 2. The zero-order chi connectivity index (χ0) is 22.2. The molecule has 12 heteroatoms. The molecule has 0 amide bonds. The second-order valence-corrected chi connectivity index (χ2v) is 6.98. The van der Waals surface area contributed by atoms with Crippen LogP contribution in [0.2, 0.25) is 0 Å². The molecule has 0 saturated heterocycles. The average molecular weight is 433 g/mol. The van der Waals surface area contributed by atoms with Crippen molar-refractivity contribution in [3.05, 3.63) is 64.3 Å². The first kappa shape index (κ1) is 19.4. The summed E-state index contributed by atoms with van der Waals surface area (Å²) in [5.74, 6) is 0.216. The maximum atomic E-state index is 13.2. The van der Waals surface area contributed by atoms with Crippen molar-refractivity contribution < 1.29 is 9.02 Å². The standard InChI is InChI=1S/C20H16FN9O2/c1-29-14-8-3-11(9-15(14)30(2)20(29)31)10-22-26-17-16(23-13-6-4-12(21)5-7-13)24-18-19(25-17)28-32-27-18/h3-10H,1-2H3,(H,23,24,27)(H,25,26,28)/b22-10+. The van der Waals surface area contributed by atoms with Gasteiger partial charge in [-0.15, -0.1) is 0 Å². The van der Waals surface area contributed by atoms with Gasteiger partial charge in [0.25, 0.3) is 0 Å². The molecule has 2 aromatic carbocycles. The van der Waals surface area contributed by atoms with E-state index in [1.54, 1.807) is 41.6 Å². The number of rotatable bonds is 5. The molecule has 0 unspecified atom stereocenters. The molecule has 11 nitrogen and oxygen atoms in total. The van der Waals surface area contributed by atoms with E-state index in [1.165, 1.54) is 12.1 Å². The number of imidazole rings is 1. The third-order valence-corrected chi connectivity index (χ3v) is 4.90. The highest BCUT2D eigenvalue weighted by molar-refractivity contribution is 5.88. The predicted molar refractivity (Wildman–Crippen MR) is 116 cm³/mol. The molecule has 160 valence electrons. The van der Waals surface area contributed by atoms with E-state index in [0.717, 1.165) is 16.6 Å². The highest BCUT2D eigenvalue weighted by Gasteiger charge is 2.13. The molecule has 0 aliphatic carbocycles. The van der Waals surface area contributed by atoms with Gasteiger partial charge >= 0.3 is 5.69 Å². The SMILES string of the molecule is Cn1c(=O)n(C)c2cc(/C=N/Nc3nc4nonc4nc3Nc3ccc(F)cc3)ccc21. The summed E-state index contributed by atoms with van der Waals surface area (Å²) < 4.78 is 21.0. The molecule has 0 fully saturated rings. The topological polar surface area (TPSA) is 128 Å². The fraction of sp³-hybridized carbons (Fsp3) is 0.100. The fourth-order valence-corrected chi connectivity index (χ4v) is 3.25. The van der Waals surface area contributed by atoms with Crippen LogP contribution in [-0.4, -0.2) is 35.6 Å². The molecule has 5 aromatic rings. The monoisotopic (exact) mass is 433 g/mol. The van der Waals surface area contributed by atoms with Gasteiger partial charge in [0.05, 0.1) is 17.2 Å². The molecule has 3 aromatic heterocycles. The van der Waals surface area contributed by atoms with Crippen LogP contribution in [-0.2, 0) is 14.1 Å². The second kappa shape index (κ2) is 7.58. The number of halogens is 1. The minimum atomic E-state index is -0.353. The van der Waals surface area contributed by atoms with Gasteiger partial charge in [0.15, 0.2) is 11.6 Å². The molecule has 3 heterocycles. The molecule has 0 radical (unpaired) electrons. The number of aromatic nitrogens is 6. The van der Waals surface area contributed by atoms with Gasteiger partial charge in [0, 0.05) is 19.8 Å². The molecular weight excluding hydrogens is 417 g/mol. The van der Waals surface area contributed by atoms with Gasteiger partial charge in [-0.05, 0) is 52.3 Å². The summed E-state index contributed by atoms with van der Waals surface area (Å²) in [6, 6.07) is 11.3. The van der Waals surface area contributed by atoms with Crippen LogP contribution in [0.25, 0.3) is 22.3 Å². The summed E-state index contributed by atoms with van der Waals surface area (Å²) >= 11 is 0. The summed E-state index contributed by atoms with van der Waals surface area (Å²) in [7, 11) is 3.44. The van der Waals surface area contributed by atoms with E-state index < -0.39 is 0 Å². The molecular formula is C20H16FN9O2. The van der Waals surface area contributed by atoms with Gasteiger partial charge in [0.1, 0.15) is 5.82 Å². The Bertz CT molecular complexity index is 1530. The zero-order valence-corrected chi connectivity index (χ0v) is 16.9. The first-order chi connectivity index (χ1) is 15.5. The molecule has 0 spiro atoms. The van der Waals surface area contributed by atoms with Crippen LogP contribution in [0, 0.1) is 5.82 Å². The Morgan fingerprint density at radius 1 is 0.969 bits per heavy atom. The van der Waals surface area contributed by atoms with E-state index in [2.05, 4.69) is 40.8 Å². The van der Waals surface area contributed by atoms with Crippen LogP contribution in [0.4, 0.5) is 21.7 Å². The minimum Gasteiger partial charge on any atom is -0.337 e. The lowest BCUT2D eigenvalue weighted by Gasteiger charge is -2.09. The first-order valence-electron chi connectivity index (χ1n) is 9.47. The van der Waals surface area contributed by atoms with Crippen molar-refractivity contribution in [1.82, 2.24) is 29.4 Å². The van der Waals surface area contributed by atoms with Gasteiger partial charge < -0.3 is 5.32 Å². The summed E-state index contributed by atoms with van der Waals surface area (Å²) in [4.78, 5) is 20.8. The highest BCUT2D eigenvalue weighted by Crippen LogP contribution is 2.24. The van der Waals surface area contributed by atoms with Crippen molar-refractivity contribution in [1.29, 1.82) is 0 Å². The summed E-state index contributed by atoms with van der Waals surface area (Å²) in [6.07, 6.45) is 1.59. The highest BCUT2D eigenvalue weighted by atomic mass is 19.1. The van der Waals surface area contributed by atoms with E-state index in [-0.39, 0.29) is 28.6 Å². The predicted octanol–water partition coefficient (Wildman–Crippen LogP) is 2.53. The van der Waals surface area contributed by atoms with Crippen LogP contribution in [0.15, 0.2) is 57.0 Å². The fourth-order valence-electron chi connectivity index (χ4n) is 3.25. The lowest BCUT2D eigenvalue weighted by atomic mass is 10.2. The second-order valence-electron chi connectivity index (χ2n) is 6.98. The summed E-state index contributed by atoms with van der Waals surface area (Å²) in [5, 5.41) is 14.7. The Kier molecular flexibility index (Phi) is 4.58. The van der Waals surface area contributed by atoms with Crippen LogP contribution in [0.1, 0.15) is 5.56 Å². The van der Waals surface area contributed by atoms with Gasteiger partial charge in [-0.1, -0.05) is 6.07 Å². The van der Waals surface area contributed by atoms with Gasteiger partial charge in [-0.3, -0.25) is 14.6 Å². The van der Waals surface area contributed by atoms with Crippen molar-refractivity contribution in [3.63, 3.8) is 0 Å². The van der Waals surface area contributed by atoms with Gasteiger partial charge in [0.2, 0.25) is 11.3 Å². The van der Waals surface area contributed by atoms with Gasteiger partial charge in [-0.2, -0.15) is 10.1 Å². The van der Waals surface area contributed by atoms with E-state index in [9.17, 15) is 9.18 Å². The quantitative estimate of drug-likeness (QED) is 0.320. The number of hydrogen-bond acceptors (Lipinski definition) is 9. The average Bonchev–Trinajstić information content (AvgIpc) is 3.33. The molecule has 32 heavy (non-hydrogen) atoms. The maximum absolute atomic E-state index is 13.2. The smallest absolute Gasteiger partial charge is 0.328 e. The van der Waals surface area contributed by atoms with Crippen LogP contribution >= 0.6 is 0 Å². The maximum Gasteiger partial charge on any atom is 0.328 e. The summed E-state index contributed by atoms with van der Waals surface area (Å²) in [6.45, 7) is 0. The van der Waals surface area contributed by atoms with E-state index in [0.29, 0.717) is 11.5 Å². The molecule has 0 bridgehead atoms. The van der Waals surface area contributed by atoms with Crippen molar-refractivity contribution in [2.75, 3.05) is 10.7 Å². The molecule has 0 aliphatic heterocycles. The number of nitrogens with one attached hydrogen (secondary N) is 2. The number of hydrogen-bond donors (Lipinski definition) is 2. The summed E-state index contributed by atoms with van der Waals surface area (Å²) in [5.41, 5.74) is 6.12. The first-order valence-corrected chi connectivity index (χ1v) is 9.47. The number of fused-ring (bicyclic) bond motifs is 2. The Morgan fingerprint density at radius 3 is 2.41 bits per heavy atom.